The molecule has 0 bridgehead atoms. The van der Waals surface area contributed by atoms with Crippen molar-refractivity contribution >= 4 is 11.6 Å². The highest BCUT2D eigenvalue weighted by Crippen LogP contribution is 2.29. The summed E-state index contributed by atoms with van der Waals surface area (Å²) in [6.07, 6.45) is 3.76. The van der Waals surface area contributed by atoms with Crippen molar-refractivity contribution < 1.29 is 9.39 Å². The number of likely N-dealkylation sites (N-methyl/N-ethyl adjacent to an activating group) is 1. The molecule has 2 aromatic rings. The Hall–Kier alpha value is -2.85. The standard InChI is InChI=1S/C28H40N3O/c1-7-20-30(27(32)24(4)25-16-12-10-13-17-25)31(9-3,21-8-2)23-28(5,6)22-29-26-18-14-11-15-19-26/h7-8,10-19,24,29H,1-2,9,20-23H2,3-6H3/q+1. The van der Waals surface area contributed by atoms with Crippen LogP contribution in [0.5, 0.6) is 0 Å². The maximum atomic E-state index is 13.8. The van der Waals surface area contributed by atoms with Gasteiger partial charge in [0.2, 0.25) is 0 Å². The molecular weight excluding hydrogens is 394 g/mol. The molecule has 0 saturated carbocycles. The summed E-state index contributed by atoms with van der Waals surface area (Å²) in [5.41, 5.74) is 2.07. The quantitative estimate of drug-likeness (QED) is 0.242. The van der Waals surface area contributed by atoms with Crippen molar-refractivity contribution in [3.05, 3.63) is 91.5 Å². The van der Waals surface area contributed by atoms with Crippen LogP contribution in [0.25, 0.3) is 0 Å². The number of anilines is 1. The molecule has 0 heterocycles. The van der Waals surface area contributed by atoms with Gasteiger partial charge in [-0.3, -0.25) is 4.79 Å². The summed E-state index contributed by atoms with van der Waals surface area (Å²) >= 11 is 0. The summed E-state index contributed by atoms with van der Waals surface area (Å²) in [6, 6.07) is 20.3. The van der Waals surface area contributed by atoms with Gasteiger partial charge in [-0.05, 0) is 37.6 Å². The monoisotopic (exact) mass is 434 g/mol. The number of hydrogen-bond acceptors (Lipinski definition) is 2. The first kappa shape index (κ1) is 25.4. The molecule has 4 nitrogen and oxygen atoms in total. The van der Waals surface area contributed by atoms with E-state index in [2.05, 4.69) is 51.4 Å². The summed E-state index contributed by atoms with van der Waals surface area (Å²) in [4.78, 5) is 13.8. The van der Waals surface area contributed by atoms with Gasteiger partial charge >= 0.3 is 0 Å². The smallest absolute Gasteiger partial charge is 0.275 e. The Kier molecular flexibility index (Phi) is 9.27. The number of para-hydroxylation sites is 1. The van der Waals surface area contributed by atoms with E-state index in [1.165, 1.54) is 0 Å². The maximum absolute atomic E-state index is 13.8. The van der Waals surface area contributed by atoms with Gasteiger partial charge in [0.05, 0.1) is 19.0 Å². The van der Waals surface area contributed by atoms with Crippen LogP contribution in [0.3, 0.4) is 0 Å². The molecule has 0 radical (unpaired) electrons. The fourth-order valence-corrected chi connectivity index (χ4v) is 4.35. The van der Waals surface area contributed by atoms with Crippen molar-refractivity contribution in [2.45, 2.75) is 33.6 Å². The van der Waals surface area contributed by atoms with E-state index in [0.717, 1.165) is 30.9 Å². The molecule has 32 heavy (non-hydrogen) atoms. The highest BCUT2D eigenvalue weighted by molar-refractivity contribution is 5.82. The lowest BCUT2D eigenvalue weighted by Crippen LogP contribution is -2.66. The molecule has 0 aromatic heterocycles. The summed E-state index contributed by atoms with van der Waals surface area (Å²) in [5.74, 6) is -0.109. The molecule has 1 N–H and O–H groups in total. The van der Waals surface area contributed by atoms with E-state index >= 15 is 0 Å². The van der Waals surface area contributed by atoms with Gasteiger partial charge in [0.15, 0.2) is 0 Å². The zero-order valence-electron chi connectivity index (χ0n) is 20.3. The molecule has 1 amide bonds. The van der Waals surface area contributed by atoms with Gasteiger partial charge in [-0.1, -0.05) is 75.0 Å². The molecule has 0 aliphatic rings. The van der Waals surface area contributed by atoms with Crippen LogP contribution in [0, 0.1) is 5.41 Å². The van der Waals surface area contributed by atoms with Crippen molar-refractivity contribution in [3.63, 3.8) is 0 Å². The molecule has 0 spiro atoms. The molecule has 172 valence electrons. The Bertz CT molecular complexity index is 863. The van der Waals surface area contributed by atoms with Gasteiger partial charge in [-0.25, -0.2) is 4.59 Å². The molecule has 2 aromatic carbocycles. The van der Waals surface area contributed by atoms with Crippen LogP contribution in [0.4, 0.5) is 5.69 Å². The average Bonchev–Trinajstić information content (AvgIpc) is 2.81. The van der Waals surface area contributed by atoms with Crippen molar-refractivity contribution in [2.75, 3.05) is 38.0 Å². The lowest BCUT2D eigenvalue weighted by atomic mass is 9.91. The zero-order chi connectivity index (χ0) is 23.6. The fourth-order valence-electron chi connectivity index (χ4n) is 4.35. The number of nitrogens with one attached hydrogen (secondary N) is 1. The first-order valence-corrected chi connectivity index (χ1v) is 11.5. The number of nitrogens with zero attached hydrogens (tertiary/aromatic N) is 2. The molecule has 0 saturated heterocycles. The molecule has 0 aliphatic carbocycles. The minimum Gasteiger partial charge on any atom is -0.384 e. The Morgan fingerprint density at radius 2 is 1.66 bits per heavy atom. The number of amides is 1. The van der Waals surface area contributed by atoms with Crippen LogP contribution in [0.1, 0.15) is 39.2 Å². The normalized spacial score (nSPS) is 14.1. The fraction of sp³-hybridized carbons (Fsp3) is 0.393. The van der Waals surface area contributed by atoms with E-state index in [9.17, 15) is 4.79 Å². The van der Waals surface area contributed by atoms with Crippen LogP contribution >= 0.6 is 0 Å². The molecule has 0 fully saturated rings. The van der Waals surface area contributed by atoms with E-state index in [1.807, 2.05) is 72.6 Å². The lowest BCUT2D eigenvalue weighted by molar-refractivity contribution is -1.02. The first-order valence-electron chi connectivity index (χ1n) is 11.5. The maximum Gasteiger partial charge on any atom is 0.275 e. The predicted octanol–water partition coefficient (Wildman–Crippen LogP) is 5.88. The molecule has 0 aliphatic heterocycles. The number of carbonyl (C=O) groups excluding carboxylic acids is 1. The van der Waals surface area contributed by atoms with Gasteiger partial charge in [-0.15, -0.1) is 6.58 Å². The van der Waals surface area contributed by atoms with Crippen LogP contribution in [0.15, 0.2) is 86.0 Å². The molecular formula is C28H40N3O+. The minimum atomic E-state index is -0.226. The molecule has 2 atom stereocenters. The third-order valence-corrected chi connectivity index (χ3v) is 6.06. The Balaban J connectivity index is 2.32. The SMILES string of the molecule is C=CCN(C(=O)C(C)c1ccccc1)[N+](CC)(CC=C)CC(C)(C)CNc1ccccc1. The van der Waals surface area contributed by atoms with Gasteiger partial charge in [0.25, 0.3) is 5.91 Å². The third kappa shape index (κ3) is 6.57. The summed E-state index contributed by atoms with van der Waals surface area (Å²) in [7, 11) is 0. The number of benzene rings is 2. The van der Waals surface area contributed by atoms with Gasteiger partial charge < -0.3 is 5.32 Å². The molecule has 2 unspecified atom stereocenters. The van der Waals surface area contributed by atoms with E-state index < -0.39 is 0 Å². The second kappa shape index (κ2) is 11.7. The van der Waals surface area contributed by atoms with Gasteiger partial charge in [0.1, 0.15) is 13.1 Å². The van der Waals surface area contributed by atoms with Crippen molar-refractivity contribution in [3.8, 4) is 0 Å². The summed E-state index contributed by atoms with van der Waals surface area (Å²) in [5, 5.41) is 5.56. The Morgan fingerprint density at radius 1 is 1.06 bits per heavy atom. The number of carbonyl (C=O) groups is 1. The number of rotatable bonds is 13. The van der Waals surface area contributed by atoms with E-state index in [0.29, 0.717) is 17.7 Å². The third-order valence-electron chi connectivity index (χ3n) is 6.06. The second-order valence-corrected chi connectivity index (χ2v) is 9.27. The minimum absolute atomic E-state index is 0.0649. The highest BCUT2D eigenvalue weighted by atomic mass is 16.2. The van der Waals surface area contributed by atoms with Gasteiger partial charge in [-0.2, -0.15) is 5.01 Å². The van der Waals surface area contributed by atoms with Crippen molar-refractivity contribution in [2.24, 2.45) is 5.41 Å². The summed E-state index contributed by atoms with van der Waals surface area (Å²) in [6.45, 7) is 20.2. The van der Waals surface area contributed by atoms with E-state index in [4.69, 9.17) is 0 Å². The molecule has 4 heteroatoms. The zero-order valence-corrected chi connectivity index (χ0v) is 20.3. The topological polar surface area (TPSA) is 32.3 Å². The largest absolute Gasteiger partial charge is 0.384 e. The highest BCUT2D eigenvalue weighted by Gasteiger charge is 2.42. The van der Waals surface area contributed by atoms with Crippen LogP contribution in [0.2, 0.25) is 0 Å². The number of quaternary nitrogens is 1. The first-order chi connectivity index (χ1) is 15.3. The number of hydrogen-bond donors (Lipinski definition) is 1. The van der Waals surface area contributed by atoms with Crippen molar-refractivity contribution in [1.29, 1.82) is 0 Å². The second-order valence-electron chi connectivity index (χ2n) is 9.27. The average molecular weight is 435 g/mol. The Morgan fingerprint density at radius 3 is 2.19 bits per heavy atom. The van der Waals surface area contributed by atoms with E-state index in [1.54, 1.807) is 0 Å². The van der Waals surface area contributed by atoms with E-state index in [-0.39, 0.29) is 17.2 Å². The Labute approximate surface area is 194 Å². The molecule has 2 rings (SSSR count). The predicted molar refractivity (Wildman–Crippen MR) is 136 cm³/mol. The van der Waals surface area contributed by atoms with Crippen LogP contribution < -0.4 is 5.32 Å². The van der Waals surface area contributed by atoms with Crippen LogP contribution in [-0.2, 0) is 4.79 Å². The van der Waals surface area contributed by atoms with Gasteiger partial charge in [0, 0.05) is 17.6 Å². The lowest BCUT2D eigenvalue weighted by Gasteiger charge is -2.48. The van der Waals surface area contributed by atoms with Crippen LogP contribution in [-0.4, -0.2) is 48.2 Å². The summed E-state index contributed by atoms with van der Waals surface area (Å²) < 4.78 is 0.523. The van der Waals surface area contributed by atoms with Crippen molar-refractivity contribution in [1.82, 2.24) is 5.01 Å².